The molecule has 0 unspecified atom stereocenters. The lowest BCUT2D eigenvalue weighted by atomic mass is 9.76. The minimum Gasteiger partial charge on any atom is -0.493 e. The van der Waals surface area contributed by atoms with Crippen molar-refractivity contribution in [1.29, 1.82) is 0 Å². The minimum absolute atomic E-state index is 0.0974. The van der Waals surface area contributed by atoms with Crippen molar-refractivity contribution < 1.29 is 13.9 Å². The summed E-state index contributed by atoms with van der Waals surface area (Å²) in [6.07, 6.45) is 7.57. The Balaban J connectivity index is 1.17. The molecule has 0 radical (unpaired) electrons. The highest BCUT2D eigenvalue weighted by Crippen LogP contribution is 2.50. The van der Waals surface area contributed by atoms with Crippen LogP contribution in [-0.4, -0.2) is 13.3 Å². The van der Waals surface area contributed by atoms with Crippen LogP contribution in [0.3, 0.4) is 0 Å². The van der Waals surface area contributed by atoms with Gasteiger partial charge in [-0.25, -0.2) is 4.39 Å². The van der Waals surface area contributed by atoms with E-state index in [1.807, 2.05) is 12.1 Å². The van der Waals surface area contributed by atoms with Crippen LogP contribution < -0.4 is 14.8 Å². The van der Waals surface area contributed by atoms with E-state index >= 15 is 0 Å². The molecule has 2 aliphatic rings. The summed E-state index contributed by atoms with van der Waals surface area (Å²) in [6.45, 7) is 2.25. The van der Waals surface area contributed by atoms with Crippen LogP contribution in [0, 0.1) is 18.7 Å². The van der Waals surface area contributed by atoms with Gasteiger partial charge in [-0.1, -0.05) is 60.2 Å². The molecule has 6 heteroatoms. The van der Waals surface area contributed by atoms with Crippen LogP contribution in [0.1, 0.15) is 46.2 Å². The van der Waals surface area contributed by atoms with E-state index in [1.165, 1.54) is 28.4 Å². The van der Waals surface area contributed by atoms with Crippen LogP contribution in [0.15, 0.2) is 100 Å². The lowest BCUT2D eigenvalue weighted by Crippen LogP contribution is -2.29. The monoisotopic (exact) mass is 596 g/mol. The van der Waals surface area contributed by atoms with Gasteiger partial charge in [0.1, 0.15) is 12.4 Å². The molecule has 3 atom stereocenters. The summed E-state index contributed by atoms with van der Waals surface area (Å²) in [5.41, 5.74) is 7.40. The van der Waals surface area contributed by atoms with E-state index in [0.717, 1.165) is 17.7 Å². The van der Waals surface area contributed by atoms with Gasteiger partial charge >= 0.3 is 0 Å². The fourth-order valence-corrected chi connectivity index (χ4v) is 6.25. The molecule has 4 aromatic carbocycles. The third-order valence-electron chi connectivity index (χ3n) is 7.71. The molecule has 0 aromatic heterocycles. The number of rotatable bonds is 7. The van der Waals surface area contributed by atoms with Crippen molar-refractivity contribution in [2.24, 2.45) is 10.9 Å². The van der Waals surface area contributed by atoms with Crippen molar-refractivity contribution in [3.05, 3.63) is 129 Å². The van der Waals surface area contributed by atoms with Gasteiger partial charge in [0.2, 0.25) is 0 Å². The molecule has 0 amide bonds. The molecule has 0 fully saturated rings. The first kappa shape index (κ1) is 26.3. The number of anilines is 1. The summed E-state index contributed by atoms with van der Waals surface area (Å²) in [6, 6.07) is 25.8. The quantitative estimate of drug-likeness (QED) is 0.171. The SMILES string of the molecule is COc1cc(C=Nc2ccc([C@@H]3Nc4ccc(C)cc4[C@H]4C=CC[C@H]43)cc2)cc(Br)c1OCc1ccccc1F. The summed E-state index contributed by atoms with van der Waals surface area (Å²) < 4.78 is 26.2. The van der Waals surface area contributed by atoms with Gasteiger partial charge in [-0.2, -0.15) is 0 Å². The molecule has 0 saturated carbocycles. The van der Waals surface area contributed by atoms with E-state index in [2.05, 4.69) is 82.8 Å². The van der Waals surface area contributed by atoms with Crippen LogP contribution in [-0.2, 0) is 6.61 Å². The zero-order chi connectivity index (χ0) is 27.6. The van der Waals surface area contributed by atoms with Gasteiger partial charge in [-0.15, -0.1) is 0 Å². The van der Waals surface area contributed by atoms with E-state index in [-0.39, 0.29) is 18.5 Å². The number of nitrogens with one attached hydrogen (secondary N) is 1. The number of halogens is 2. The van der Waals surface area contributed by atoms with Gasteiger partial charge in [-0.05, 0) is 88.3 Å². The lowest BCUT2D eigenvalue weighted by Gasteiger charge is -2.37. The first-order chi connectivity index (χ1) is 19.5. The first-order valence-electron chi connectivity index (χ1n) is 13.4. The number of ether oxygens (including phenoxy) is 2. The smallest absolute Gasteiger partial charge is 0.175 e. The Kier molecular flexibility index (Phi) is 7.44. The number of methoxy groups -OCH3 is 1. The number of fused-ring (bicyclic) bond motifs is 3. The number of benzene rings is 4. The van der Waals surface area contributed by atoms with E-state index < -0.39 is 0 Å². The Bertz CT molecular complexity index is 1600. The summed E-state index contributed by atoms with van der Waals surface area (Å²) in [4.78, 5) is 4.70. The maximum absolute atomic E-state index is 14.0. The summed E-state index contributed by atoms with van der Waals surface area (Å²) in [5.74, 6) is 1.72. The third-order valence-corrected chi connectivity index (χ3v) is 8.30. The molecule has 0 bridgehead atoms. The van der Waals surface area contributed by atoms with Crippen molar-refractivity contribution in [1.82, 2.24) is 0 Å². The molecule has 6 rings (SSSR count). The van der Waals surface area contributed by atoms with Crippen molar-refractivity contribution in [3.8, 4) is 11.5 Å². The normalized spacial score (nSPS) is 19.2. The van der Waals surface area contributed by atoms with E-state index in [9.17, 15) is 4.39 Å². The molecule has 40 heavy (non-hydrogen) atoms. The number of allylic oxidation sites excluding steroid dienone is 2. The van der Waals surface area contributed by atoms with Crippen molar-refractivity contribution in [2.45, 2.75) is 31.9 Å². The molecule has 0 spiro atoms. The highest BCUT2D eigenvalue weighted by Gasteiger charge is 2.37. The molecule has 1 aliphatic carbocycles. The molecule has 4 nitrogen and oxygen atoms in total. The molecule has 1 aliphatic heterocycles. The average Bonchev–Trinajstić information content (AvgIpc) is 3.47. The number of hydrogen-bond donors (Lipinski definition) is 1. The summed E-state index contributed by atoms with van der Waals surface area (Å²) >= 11 is 3.58. The average molecular weight is 598 g/mol. The molecular formula is C34H30BrFN2O2. The number of aliphatic imine (C=N–C) groups is 1. The fraction of sp³-hybridized carbons (Fsp3) is 0.206. The zero-order valence-electron chi connectivity index (χ0n) is 22.4. The van der Waals surface area contributed by atoms with Gasteiger partial charge in [0.25, 0.3) is 0 Å². The first-order valence-corrected chi connectivity index (χ1v) is 14.2. The number of hydrogen-bond acceptors (Lipinski definition) is 4. The Morgan fingerprint density at radius 1 is 1.05 bits per heavy atom. The maximum atomic E-state index is 14.0. The second-order valence-corrected chi connectivity index (χ2v) is 11.2. The number of aryl methyl sites for hydroxylation is 1. The molecule has 202 valence electrons. The highest BCUT2D eigenvalue weighted by atomic mass is 79.9. The molecule has 0 saturated heterocycles. The van der Waals surface area contributed by atoms with Gasteiger partial charge < -0.3 is 14.8 Å². The Hall–Kier alpha value is -3.90. The van der Waals surface area contributed by atoms with Gasteiger partial charge in [0.05, 0.1) is 23.3 Å². The Morgan fingerprint density at radius 2 is 1.88 bits per heavy atom. The zero-order valence-corrected chi connectivity index (χ0v) is 24.0. The van der Waals surface area contributed by atoms with E-state index in [4.69, 9.17) is 14.5 Å². The standard InChI is InChI=1S/C34H30BrFN2O2/c1-21-10-15-31-28(16-21)26-7-5-8-27(26)33(38-31)23-11-13-25(14-12-23)37-19-22-17-29(35)34(32(18-22)39-2)40-20-24-6-3-4-9-30(24)36/h3-7,9-19,26-27,33,38H,8,20H2,1-2H3/t26-,27+,33-/m0/s1. The summed E-state index contributed by atoms with van der Waals surface area (Å²) in [7, 11) is 1.58. The highest BCUT2D eigenvalue weighted by molar-refractivity contribution is 9.10. The van der Waals surface area contributed by atoms with Crippen molar-refractivity contribution in [2.75, 3.05) is 12.4 Å². The minimum atomic E-state index is -0.300. The maximum Gasteiger partial charge on any atom is 0.175 e. The van der Waals surface area contributed by atoms with Gasteiger partial charge in [-0.3, -0.25) is 4.99 Å². The van der Waals surface area contributed by atoms with E-state index in [0.29, 0.717) is 33.4 Å². The topological polar surface area (TPSA) is 42.8 Å². The Morgan fingerprint density at radius 3 is 2.67 bits per heavy atom. The van der Waals surface area contributed by atoms with Crippen LogP contribution in [0.5, 0.6) is 11.5 Å². The van der Waals surface area contributed by atoms with Crippen LogP contribution in [0.25, 0.3) is 0 Å². The van der Waals surface area contributed by atoms with Gasteiger partial charge in [0.15, 0.2) is 11.5 Å². The van der Waals surface area contributed by atoms with Crippen LogP contribution in [0.4, 0.5) is 15.8 Å². The molecule has 1 heterocycles. The van der Waals surface area contributed by atoms with Crippen molar-refractivity contribution >= 4 is 33.5 Å². The second-order valence-electron chi connectivity index (χ2n) is 10.3. The predicted molar refractivity (Wildman–Crippen MR) is 163 cm³/mol. The number of nitrogens with zero attached hydrogens (tertiary/aromatic N) is 1. The Labute approximate surface area is 242 Å². The molecule has 1 N–H and O–H groups in total. The van der Waals surface area contributed by atoms with E-state index in [1.54, 1.807) is 31.5 Å². The fourth-order valence-electron chi connectivity index (χ4n) is 5.68. The van der Waals surface area contributed by atoms with Crippen molar-refractivity contribution in [3.63, 3.8) is 0 Å². The molecular weight excluding hydrogens is 567 g/mol. The second kappa shape index (κ2) is 11.3. The predicted octanol–water partition coefficient (Wildman–Crippen LogP) is 9.06. The van der Waals surface area contributed by atoms with Crippen LogP contribution >= 0.6 is 15.9 Å². The summed E-state index contributed by atoms with van der Waals surface area (Å²) in [5, 5.41) is 3.81. The largest absolute Gasteiger partial charge is 0.493 e. The van der Waals surface area contributed by atoms with Crippen LogP contribution in [0.2, 0.25) is 0 Å². The third kappa shape index (κ3) is 5.28. The van der Waals surface area contributed by atoms with Gasteiger partial charge in [0, 0.05) is 23.4 Å². The molecule has 4 aromatic rings. The lowest BCUT2D eigenvalue weighted by molar-refractivity contribution is 0.278.